The van der Waals surface area contributed by atoms with Crippen LogP contribution in [0.5, 0.6) is 0 Å². The standard InChI is InChI=1S/C14H26N4S/c1-5-12-13(10-15-4)19-14(16-12)18-8-6-17(7-9-18)11(2)3/h11,15H,5-10H2,1-4H3. The van der Waals surface area contributed by atoms with Gasteiger partial charge in [-0.2, -0.15) is 0 Å². The zero-order valence-corrected chi connectivity index (χ0v) is 13.4. The first-order valence-electron chi connectivity index (χ1n) is 7.27. The van der Waals surface area contributed by atoms with Crippen molar-refractivity contribution in [1.29, 1.82) is 0 Å². The number of rotatable bonds is 5. The SMILES string of the molecule is CCc1nc(N2CCN(C(C)C)CC2)sc1CNC. The highest BCUT2D eigenvalue weighted by Crippen LogP contribution is 2.27. The van der Waals surface area contributed by atoms with Crippen molar-refractivity contribution >= 4 is 16.5 Å². The molecule has 0 aliphatic carbocycles. The highest BCUT2D eigenvalue weighted by atomic mass is 32.1. The Balaban J connectivity index is 2.03. The summed E-state index contributed by atoms with van der Waals surface area (Å²) in [6.07, 6.45) is 1.03. The van der Waals surface area contributed by atoms with Crippen LogP contribution in [0.4, 0.5) is 5.13 Å². The lowest BCUT2D eigenvalue weighted by Gasteiger charge is -2.36. The summed E-state index contributed by atoms with van der Waals surface area (Å²) < 4.78 is 0. The summed E-state index contributed by atoms with van der Waals surface area (Å²) in [4.78, 5) is 11.2. The van der Waals surface area contributed by atoms with Crippen molar-refractivity contribution in [2.75, 3.05) is 38.1 Å². The number of thiazole rings is 1. The number of anilines is 1. The molecule has 1 aromatic rings. The molecule has 0 radical (unpaired) electrons. The molecule has 1 aliphatic rings. The Hall–Kier alpha value is -0.650. The van der Waals surface area contributed by atoms with E-state index in [9.17, 15) is 0 Å². The van der Waals surface area contributed by atoms with E-state index in [4.69, 9.17) is 4.98 Å². The summed E-state index contributed by atoms with van der Waals surface area (Å²) >= 11 is 1.86. The number of nitrogens with zero attached hydrogens (tertiary/aromatic N) is 3. The van der Waals surface area contributed by atoms with Crippen molar-refractivity contribution in [2.24, 2.45) is 0 Å². The third-order valence-corrected chi connectivity index (χ3v) is 4.91. The van der Waals surface area contributed by atoms with E-state index in [1.54, 1.807) is 0 Å². The molecule has 19 heavy (non-hydrogen) atoms. The van der Waals surface area contributed by atoms with Gasteiger partial charge in [-0.25, -0.2) is 4.98 Å². The first-order valence-corrected chi connectivity index (χ1v) is 8.09. The summed E-state index contributed by atoms with van der Waals surface area (Å²) in [5, 5.41) is 4.45. The van der Waals surface area contributed by atoms with Crippen LogP contribution in [0.3, 0.4) is 0 Å². The predicted molar refractivity (Wildman–Crippen MR) is 83.2 cm³/mol. The molecule has 108 valence electrons. The van der Waals surface area contributed by atoms with Gasteiger partial charge in [0, 0.05) is 43.6 Å². The molecule has 4 nitrogen and oxygen atoms in total. The molecule has 1 N–H and O–H groups in total. The average Bonchev–Trinajstić information content (AvgIpc) is 2.82. The van der Waals surface area contributed by atoms with Crippen molar-refractivity contribution < 1.29 is 0 Å². The van der Waals surface area contributed by atoms with Gasteiger partial charge in [0.25, 0.3) is 0 Å². The van der Waals surface area contributed by atoms with Crippen LogP contribution in [-0.2, 0) is 13.0 Å². The fourth-order valence-electron chi connectivity index (χ4n) is 2.51. The van der Waals surface area contributed by atoms with Crippen LogP contribution < -0.4 is 10.2 Å². The summed E-state index contributed by atoms with van der Waals surface area (Å²) in [6.45, 7) is 12.2. The quantitative estimate of drug-likeness (QED) is 0.894. The van der Waals surface area contributed by atoms with Crippen molar-refractivity contribution in [1.82, 2.24) is 15.2 Å². The third kappa shape index (κ3) is 3.46. The topological polar surface area (TPSA) is 31.4 Å². The average molecular weight is 282 g/mol. The van der Waals surface area contributed by atoms with Crippen molar-refractivity contribution in [2.45, 2.75) is 39.8 Å². The van der Waals surface area contributed by atoms with Crippen LogP contribution in [0.2, 0.25) is 0 Å². The Morgan fingerprint density at radius 2 is 1.95 bits per heavy atom. The smallest absolute Gasteiger partial charge is 0.185 e. The minimum atomic E-state index is 0.657. The maximum atomic E-state index is 4.83. The van der Waals surface area contributed by atoms with Gasteiger partial charge in [0.1, 0.15) is 0 Å². The predicted octanol–water partition coefficient (Wildman–Crippen LogP) is 1.96. The van der Waals surface area contributed by atoms with Gasteiger partial charge in [0.2, 0.25) is 0 Å². The lowest BCUT2D eigenvalue weighted by atomic mass is 10.2. The lowest BCUT2D eigenvalue weighted by molar-refractivity contribution is 0.209. The molecule has 0 spiro atoms. The van der Waals surface area contributed by atoms with Crippen LogP contribution in [0, 0.1) is 0 Å². The van der Waals surface area contributed by atoms with Gasteiger partial charge in [0.05, 0.1) is 5.69 Å². The van der Waals surface area contributed by atoms with E-state index in [2.05, 4.69) is 35.9 Å². The van der Waals surface area contributed by atoms with Gasteiger partial charge >= 0.3 is 0 Å². The minimum Gasteiger partial charge on any atom is -0.346 e. The molecule has 0 amide bonds. The molecule has 5 heteroatoms. The van der Waals surface area contributed by atoms with Crippen LogP contribution >= 0.6 is 11.3 Å². The van der Waals surface area contributed by atoms with Gasteiger partial charge in [-0.15, -0.1) is 11.3 Å². The molecule has 2 rings (SSSR count). The first kappa shape index (κ1) is 14.8. The second-order valence-electron chi connectivity index (χ2n) is 5.37. The number of aromatic nitrogens is 1. The molecule has 0 aromatic carbocycles. The number of piperazine rings is 1. The van der Waals surface area contributed by atoms with Gasteiger partial charge in [-0.3, -0.25) is 4.90 Å². The monoisotopic (exact) mass is 282 g/mol. The molecule has 1 fully saturated rings. The van der Waals surface area contributed by atoms with Crippen molar-refractivity contribution in [3.05, 3.63) is 10.6 Å². The Kier molecular flexibility index (Phi) is 5.19. The Bertz CT molecular complexity index is 394. The second kappa shape index (κ2) is 6.68. The second-order valence-corrected chi connectivity index (χ2v) is 6.43. The van der Waals surface area contributed by atoms with E-state index in [0.29, 0.717) is 6.04 Å². The molecule has 0 unspecified atom stereocenters. The van der Waals surface area contributed by atoms with Crippen molar-refractivity contribution in [3.63, 3.8) is 0 Å². The fourth-order valence-corrected chi connectivity index (χ4v) is 3.72. The van der Waals surface area contributed by atoms with Gasteiger partial charge < -0.3 is 10.2 Å². The molecule has 0 bridgehead atoms. The Labute approximate surface area is 120 Å². The maximum absolute atomic E-state index is 4.83. The lowest BCUT2D eigenvalue weighted by Crippen LogP contribution is -2.48. The molecule has 1 saturated heterocycles. The van der Waals surface area contributed by atoms with E-state index in [-0.39, 0.29) is 0 Å². The molecule has 1 aliphatic heterocycles. The van der Waals surface area contributed by atoms with Crippen LogP contribution in [0.25, 0.3) is 0 Å². The number of hydrogen-bond acceptors (Lipinski definition) is 5. The minimum absolute atomic E-state index is 0.657. The molecule has 2 heterocycles. The van der Waals surface area contributed by atoms with Gasteiger partial charge in [0.15, 0.2) is 5.13 Å². The zero-order chi connectivity index (χ0) is 13.8. The van der Waals surface area contributed by atoms with E-state index >= 15 is 0 Å². The summed E-state index contributed by atoms with van der Waals surface area (Å²) in [5.74, 6) is 0. The summed E-state index contributed by atoms with van der Waals surface area (Å²) in [6, 6.07) is 0.657. The van der Waals surface area contributed by atoms with Gasteiger partial charge in [-0.1, -0.05) is 6.92 Å². The summed E-state index contributed by atoms with van der Waals surface area (Å²) in [5.41, 5.74) is 1.26. The zero-order valence-electron chi connectivity index (χ0n) is 12.6. The van der Waals surface area contributed by atoms with Crippen LogP contribution in [0.1, 0.15) is 31.3 Å². The normalized spacial score (nSPS) is 17.4. The van der Waals surface area contributed by atoms with E-state index in [0.717, 1.165) is 39.1 Å². The molecular formula is C14H26N4S. The van der Waals surface area contributed by atoms with E-state index < -0.39 is 0 Å². The largest absolute Gasteiger partial charge is 0.346 e. The molecular weight excluding hydrogens is 256 g/mol. The highest BCUT2D eigenvalue weighted by molar-refractivity contribution is 7.15. The van der Waals surface area contributed by atoms with Gasteiger partial charge in [-0.05, 0) is 27.3 Å². The highest BCUT2D eigenvalue weighted by Gasteiger charge is 2.22. The fraction of sp³-hybridized carbons (Fsp3) is 0.786. The number of hydrogen-bond donors (Lipinski definition) is 1. The molecule has 1 aromatic heterocycles. The Morgan fingerprint density at radius 3 is 2.47 bits per heavy atom. The first-order chi connectivity index (χ1) is 9.15. The molecule has 0 saturated carbocycles. The summed E-state index contributed by atoms with van der Waals surface area (Å²) in [7, 11) is 2.00. The van der Waals surface area contributed by atoms with E-state index in [1.807, 2.05) is 18.4 Å². The Morgan fingerprint density at radius 1 is 1.26 bits per heavy atom. The van der Waals surface area contributed by atoms with Crippen LogP contribution in [0.15, 0.2) is 0 Å². The maximum Gasteiger partial charge on any atom is 0.185 e. The van der Waals surface area contributed by atoms with E-state index in [1.165, 1.54) is 15.7 Å². The van der Waals surface area contributed by atoms with Crippen molar-refractivity contribution in [3.8, 4) is 0 Å². The third-order valence-electron chi connectivity index (χ3n) is 3.75. The van der Waals surface area contributed by atoms with Crippen LogP contribution in [-0.4, -0.2) is 49.2 Å². The molecule has 0 atom stereocenters. The number of aryl methyl sites for hydroxylation is 1. The number of nitrogens with one attached hydrogen (secondary N) is 1.